The van der Waals surface area contributed by atoms with Crippen molar-refractivity contribution >= 4 is 0 Å². The molecular weight excluding hydrogens is 202 g/mol. The number of rotatable bonds is 6. The van der Waals surface area contributed by atoms with E-state index >= 15 is 0 Å². The highest BCUT2D eigenvalue weighted by molar-refractivity contribution is 5.35. The van der Waals surface area contributed by atoms with Gasteiger partial charge in [-0.25, -0.2) is 0 Å². The quantitative estimate of drug-likeness (QED) is 0.776. The van der Waals surface area contributed by atoms with Gasteiger partial charge in [0.2, 0.25) is 0 Å². The van der Waals surface area contributed by atoms with E-state index in [1.807, 2.05) is 24.3 Å². The number of benzene rings is 1. The van der Waals surface area contributed by atoms with Crippen molar-refractivity contribution in [3.63, 3.8) is 0 Å². The lowest BCUT2D eigenvalue weighted by atomic mass is 10.1. The Labute approximate surface area is 97.4 Å². The summed E-state index contributed by atoms with van der Waals surface area (Å²) in [6.45, 7) is 4.30. The standard InChI is InChI=1S/C13H21NO2/c1-4-11(9-15)14-10(2)12-7-5-6-8-13(12)16-3/h5-8,10-11,14-15H,4,9H2,1-3H3/t10-,11+/m0/s1. The molecule has 0 spiro atoms. The summed E-state index contributed by atoms with van der Waals surface area (Å²) in [6, 6.07) is 8.26. The van der Waals surface area contributed by atoms with Gasteiger partial charge >= 0.3 is 0 Å². The summed E-state index contributed by atoms with van der Waals surface area (Å²) in [6.07, 6.45) is 0.913. The van der Waals surface area contributed by atoms with Crippen LogP contribution >= 0.6 is 0 Å². The largest absolute Gasteiger partial charge is 0.496 e. The van der Waals surface area contributed by atoms with Crippen molar-refractivity contribution < 1.29 is 9.84 Å². The van der Waals surface area contributed by atoms with Crippen molar-refractivity contribution in [2.75, 3.05) is 13.7 Å². The molecule has 0 aliphatic rings. The zero-order valence-corrected chi connectivity index (χ0v) is 10.2. The van der Waals surface area contributed by atoms with Crippen LogP contribution in [-0.4, -0.2) is 24.9 Å². The van der Waals surface area contributed by atoms with Gasteiger partial charge in [-0.15, -0.1) is 0 Å². The number of methoxy groups -OCH3 is 1. The third kappa shape index (κ3) is 3.22. The van der Waals surface area contributed by atoms with Gasteiger partial charge in [-0.05, 0) is 19.4 Å². The normalized spacial score (nSPS) is 14.5. The number of hydrogen-bond acceptors (Lipinski definition) is 3. The molecule has 1 rings (SSSR count). The maximum absolute atomic E-state index is 9.15. The SMILES string of the molecule is CC[C@H](CO)N[C@@H](C)c1ccccc1OC. The van der Waals surface area contributed by atoms with Gasteiger partial charge in [-0.2, -0.15) is 0 Å². The molecule has 3 nitrogen and oxygen atoms in total. The molecule has 0 saturated heterocycles. The van der Waals surface area contributed by atoms with E-state index in [9.17, 15) is 0 Å². The van der Waals surface area contributed by atoms with Gasteiger partial charge < -0.3 is 15.2 Å². The summed E-state index contributed by atoms with van der Waals surface area (Å²) in [5.41, 5.74) is 1.12. The van der Waals surface area contributed by atoms with Gasteiger partial charge in [0.05, 0.1) is 13.7 Å². The first-order valence-electron chi connectivity index (χ1n) is 5.72. The van der Waals surface area contributed by atoms with Crippen molar-refractivity contribution in [2.24, 2.45) is 0 Å². The van der Waals surface area contributed by atoms with Crippen molar-refractivity contribution in [1.82, 2.24) is 5.32 Å². The van der Waals surface area contributed by atoms with E-state index in [4.69, 9.17) is 9.84 Å². The molecule has 1 aromatic rings. The predicted molar refractivity (Wildman–Crippen MR) is 65.7 cm³/mol. The number of para-hydroxylation sites is 1. The predicted octanol–water partition coefficient (Wildman–Crippen LogP) is 2.12. The maximum atomic E-state index is 9.15. The van der Waals surface area contributed by atoms with Gasteiger partial charge in [0.25, 0.3) is 0 Å². The molecule has 3 heteroatoms. The smallest absolute Gasteiger partial charge is 0.123 e. The molecule has 0 aliphatic heterocycles. The Morgan fingerprint density at radius 2 is 2.06 bits per heavy atom. The Balaban J connectivity index is 2.75. The number of ether oxygens (including phenoxy) is 1. The molecule has 0 amide bonds. The monoisotopic (exact) mass is 223 g/mol. The number of aliphatic hydroxyl groups is 1. The van der Waals surface area contributed by atoms with Crippen LogP contribution in [0.25, 0.3) is 0 Å². The molecule has 0 aromatic heterocycles. The second-order valence-corrected chi connectivity index (χ2v) is 3.92. The number of aliphatic hydroxyl groups excluding tert-OH is 1. The molecule has 0 unspecified atom stereocenters. The Morgan fingerprint density at radius 1 is 1.38 bits per heavy atom. The lowest BCUT2D eigenvalue weighted by Crippen LogP contribution is -2.34. The molecule has 0 radical (unpaired) electrons. The molecule has 90 valence electrons. The van der Waals surface area contributed by atoms with Crippen LogP contribution in [0.5, 0.6) is 5.75 Å². The molecule has 0 aliphatic carbocycles. The zero-order chi connectivity index (χ0) is 12.0. The van der Waals surface area contributed by atoms with E-state index in [1.54, 1.807) is 7.11 Å². The Kier molecular flexibility index (Phi) is 5.29. The molecule has 0 fully saturated rings. The fraction of sp³-hybridized carbons (Fsp3) is 0.538. The minimum atomic E-state index is 0.139. The lowest BCUT2D eigenvalue weighted by Gasteiger charge is -2.22. The maximum Gasteiger partial charge on any atom is 0.123 e. The lowest BCUT2D eigenvalue weighted by molar-refractivity contribution is 0.229. The van der Waals surface area contributed by atoms with Crippen LogP contribution in [0.2, 0.25) is 0 Å². The highest BCUT2D eigenvalue weighted by atomic mass is 16.5. The van der Waals surface area contributed by atoms with Crippen LogP contribution in [0.3, 0.4) is 0 Å². The average molecular weight is 223 g/mol. The van der Waals surface area contributed by atoms with E-state index in [0.717, 1.165) is 17.7 Å². The summed E-state index contributed by atoms with van der Waals surface area (Å²) in [5.74, 6) is 0.885. The van der Waals surface area contributed by atoms with Gasteiger partial charge in [0.1, 0.15) is 5.75 Å². The van der Waals surface area contributed by atoms with E-state index in [1.165, 1.54) is 0 Å². The van der Waals surface area contributed by atoms with Crippen LogP contribution in [0, 0.1) is 0 Å². The second kappa shape index (κ2) is 6.51. The van der Waals surface area contributed by atoms with Crippen LogP contribution in [-0.2, 0) is 0 Å². The van der Waals surface area contributed by atoms with Crippen LogP contribution < -0.4 is 10.1 Å². The first kappa shape index (κ1) is 13.0. The molecule has 16 heavy (non-hydrogen) atoms. The minimum absolute atomic E-state index is 0.139. The minimum Gasteiger partial charge on any atom is -0.496 e. The van der Waals surface area contributed by atoms with Gasteiger partial charge in [-0.3, -0.25) is 0 Å². The molecule has 2 atom stereocenters. The summed E-state index contributed by atoms with van der Waals surface area (Å²) in [4.78, 5) is 0. The summed E-state index contributed by atoms with van der Waals surface area (Å²) in [5, 5.41) is 12.5. The average Bonchev–Trinajstić information content (AvgIpc) is 2.35. The summed E-state index contributed by atoms with van der Waals surface area (Å²) < 4.78 is 5.31. The first-order chi connectivity index (χ1) is 7.72. The summed E-state index contributed by atoms with van der Waals surface area (Å²) in [7, 11) is 1.68. The molecule has 0 bridgehead atoms. The highest BCUT2D eigenvalue weighted by Gasteiger charge is 2.13. The van der Waals surface area contributed by atoms with Gasteiger partial charge in [0, 0.05) is 17.6 Å². The Hall–Kier alpha value is -1.06. The van der Waals surface area contributed by atoms with Gasteiger partial charge in [0.15, 0.2) is 0 Å². The van der Waals surface area contributed by atoms with E-state index in [-0.39, 0.29) is 18.7 Å². The van der Waals surface area contributed by atoms with Crippen molar-refractivity contribution in [3.8, 4) is 5.75 Å². The molecular formula is C13H21NO2. The molecule has 0 saturated carbocycles. The third-order valence-corrected chi connectivity index (χ3v) is 2.80. The fourth-order valence-electron chi connectivity index (χ4n) is 1.77. The van der Waals surface area contributed by atoms with E-state index in [0.29, 0.717) is 0 Å². The summed E-state index contributed by atoms with van der Waals surface area (Å²) >= 11 is 0. The first-order valence-corrected chi connectivity index (χ1v) is 5.72. The molecule has 2 N–H and O–H groups in total. The molecule has 0 heterocycles. The van der Waals surface area contributed by atoms with Gasteiger partial charge in [-0.1, -0.05) is 25.1 Å². The zero-order valence-electron chi connectivity index (χ0n) is 10.2. The Morgan fingerprint density at radius 3 is 2.62 bits per heavy atom. The number of nitrogens with one attached hydrogen (secondary N) is 1. The van der Waals surface area contributed by atoms with E-state index in [2.05, 4.69) is 19.2 Å². The van der Waals surface area contributed by atoms with Crippen molar-refractivity contribution in [2.45, 2.75) is 32.4 Å². The van der Waals surface area contributed by atoms with Crippen molar-refractivity contribution in [3.05, 3.63) is 29.8 Å². The van der Waals surface area contributed by atoms with Crippen LogP contribution in [0.1, 0.15) is 31.9 Å². The third-order valence-electron chi connectivity index (χ3n) is 2.80. The topological polar surface area (TPSA) is 41.5 Å². The second-order valence-electron chi connectivity index (χ2n) is 3.92. The van der Waals surface area contributed by atoms with Crippen LogP contribution in [0.4, 0.5) is 0 Å². The fourth-order valence-corrected chi connectivity index (χ4v) is 1.77. The Bertz CT molecular complexity index is 311. The van der Waals surface area contributed by atoms with E-state index < -0.39 is 0 Å². The molecule has 1 aromatic carbocycles. The highest BCUT2D eigenvalue weighted by Crippen LogP contribution is 2.24. The number of hydrogen-bond donors (Lipinski definition) is 2. The van der Waals surface area contributed by atoms with Crippen molar-refractivity contribution in [1.29, 1.82) is 0 Å². The van der Waals surface area contributed by atoms with Crippen LogP contribution in [0.15, 0.2) is 24.3 Å².